The van der Waals surface area contributed by atoms with Crippen LogP contribution in [0.3, 0.4) is 0 Å². The quantitative estimate of drug-likeness (QED) is 0.782. The first-order valence-electron chi connectivity index (χ1n) is 6.62. The van der Waals surface area contributed by atoms with Gasteiger partial charge in [0.2, 0.25) is 5.65 Å². The standard InChI is InChI=1S/C14H14ClN5O/c1-2-3-17-12-9-20-5-4-18-13(20)14(19-12)21-11-6-10(15)7-16-8-11/h4-9,17H,2-3H2,1H3. The van der Waals surface area contributed by atoms with Gasteiger partial charge in [-0.2, -0.15) is 4.98 Å². The fraction of sp³-hybridized carbons (Fsp3) is 0.214. The Labute approximate surface area is 126 Å². The lowest BCUT2D eigenvalue weighted by atomic mass is 10.4. The fourth-order valence-corrected chi connectivity index (χ4v) is 2.03. The molecular formula is C14H14ClN5O. The zero-order chi connectivity index (χ0) is 14.7. The SMILES string of the molecule is CCCNc1cn2ccnc2c(Oc2cncc(Cl)c2)n1. The molecule has 0 bridgehead atoms. The van der Waals surface area contributed by atoms with Crippen LogP contribution in [0.4, 0.5) is 5.82 Å². The van der Waals surface area contributed by atoms with Crippen LogP contribution < -0.4 is 10.1 Å². The first kappa shape index (κ1) is 13.6. The Balaban J connectivity index is 1.97. The van der Waals surface area contributed by atoms with E-state index in [-0.39, 0.29) is 0 Å². The molecule has 6 nitrogen and oxygen atoms in total. The van der Waals surface area contributed by atoms with Crippen molar-refractivity contribution in [2.75, 3.05) is 11.9 Å². The van der Waals surface area contributed by atoms with Crippen molar-refractivity contribution in [3.05, 3.63) is 42.1 Å². The number of nitrogens with zero attached hydrogens (tertiary/aromatic N) is 4. The molecule has 7 heteroatoms. The number of fused-ring (bicyclic) bond motifs is 1. The van der Waals surface area contributed by atoms with Crippen molar-refractivity contribution in [1.82, 2.24) is 19.4 Å². The third-order valence-corrected chi connectivity index (χ3v) is 3.00. The Kier molecular flexibility index (Phi) is 3.87. The van der Waals surface area contributed by atoms with Crippen LogP contribution in [0.2, 0.25) is 5.02 Å². The van der Waals surface area contributed by atoms with Crippen molar-refractivity contribution < 1.29 is 4.74 Å². The molecule has 0 saturated carbocycles. The van der Waals surface area contributed by atoms with Crippen LogP contribution in [0.5, 0.6) is 11.6 Å². The van der Waals surface area contributed by atoms with Crippen LogP contribution in [-0.2, 0) is 0 Å². The summed E-state index contributed by atoms with van der Waals surface area (Å²) in [6.07, 6.45) is 9.56. The van der Waals surface area contributed by atoms with Gasteiger partial charge in [-0.15, -0.1) is 0 Å². The zero-order valence-corrected chi connectivity index (χ0v) is 12.2. The second kappa shape index (κ2) is 5.97. The van der Waals surface area contributed by atoms with E-state index in [0.29, 0.717) is 22.3 Å². The molecule has 0 unspecified atom stereocenters. The van der Waals surface area contributed by atoms with E-state index >= 15 is 0 Å². The highest BCUT2D eigenvalue weighted by Crippen LogP contribution is 2.26. The lowest BCUT2D eigenvalue weighted by molar-refractivity contribution is 0.463. The van der Waals surface area contributed by atoms with E-state index in [4.69, 9.17) is 16.3 Å². The van der Waals surface area contributed by atoms with E-state index in [1.54, 1.807) is 24.7 Å². The molecule has 0 amide bonds. The average Bonchev–Trinajstić information content (AvgIpc) is 2.94. The summed E-state index contributed by atoms with van der Waals surface area (Å²) in [5.74, 6) is 1.66. The van der Waals surface area contributed by atoms with Gasteiger partial charge in [-0.25, -0.2) is 4.98 Å². The van der Waals surface area contributed by atoms with E-state index in [2.05, 4.69) is 27.2 Å². The number of aromatic nitrogens is 4. The normalized spacial score (nSPS) is 10.8. The molecule has 3 rings (SSSR count). The number of pyridine rings is 1. The molecule has 0 radical (unpaired) electrons. The van der Waals surface area contributed by atoms with Crippen molar-refractivity contribution >= 4 is 23.1 Å². The molecule has 1 N–H and O–H groups in total. The Bertz CT molecular complexity index is 758. The van der Waals surface area contributed by atoms with Crippen LogP contribution in [0.25, 0.3) is 5.65 Å². The summed E-state index contributed by atoms with van der Waals surface area (Å²) in [5, 5.41) is 3.74. The Morgan fingerprint density at radius 1 is 1.38 bits per heavy atom. The summed E-state index contributed by atoms with van der Waals surface area (Å²) < 4.78 is 7.63. The molecule has 0 atom stereocenters. The molecule has 3 aromatic heterocycles. The lowest BCUT2D eigenvalue weighted by Crippen LogP contribution is -2.05. The van der Waals surface area contributed by atoms with Gasteiger partial charge in [-0.3, -0.25) is 9.38 Å². The lowest BCUT2D eigenvalue weighted by Gasteiger charge is -2.09. The molecule has 0 aromatic carbocycles. The smallest absolute Gasteiger partial charge is 0.265 e. The molecule has 0 aliphatic rings. The minimum absolute atomic E-state index is 0.408. The maximum atomic E-state index is 5.91. The third-order valence-electron chi connectivity index (χ3n) is 2.79. The monoisotopic (exact) mass is 303 g/mol. The minimum atomic E-state index is 0.408. The number of halogens is 1. The highest BCUT2D eigenvalue weighted by molar-refractivity contribution is 6.30. The van der Waals surface area contributed by atoms with Crippen molar-refractivity contribution in [1.29, 1.82) is 0 Å². The summed E-state index contributed by atoms with van der Waals surface area (Å²) in [4.78, 5) is 12.7. The van der Waals surface area contributed by atoms with Gasteiger partial charge in [-0.05, 0) is 6.42 Å². The van der Waals surface area contributed by atoms with Crippen LogP contribution in [0.15, 0.2) is 37.1 Å². The maximum absolute atomic E-state index is 5.91. The largest absolute Gasteiger partial charge is 0.434 e. The number of rotatable bonds is 5. The molecule has 0 spiro atoms. The molecular weight excluding hydrogens is 290 g/mol. The molecule has 3 heterocycles. The van der Waals surface area contributed by atoms with Gasteiger partial charge < -0.3 is 10.1 Å². The van der Waals surface area contributed by atoms with Gasteiger partial charge in [0, 0.05) is 31.2 Å². The Morgan fingerprint density at radius 3 is 3.10 bits per heavy atom. The topological polar surface area (TPSA) is 64.3 Å². The molecule has 0 aliphatic carbocycles. The number of nitrogens with one attached hydrogen (secondary N) is 1. The van der Waals surface area contributed by atoms with Gasteiger partial charge >= 0.3 is 0 Å². The Morgan fingerprint density at radius 2 is 2.29 bits per heavy atom. The number of ether oxygens (including phenoxy) is 1. The molecule has 108 valence electrons. The van der Waals surface area contributed by atoms with E-state index in [1.807, 2.05) is 16.8 Å². The summed E-state index contributed by atoms with van der Waals surface area (Å²) >= 11 is 5.91. The molecule has 21 heavy (non-hydrogen) atoms. The molecule has 0 aliphatic heterocycles. The van der Waals surface area contributed by atoms with Crippen molar-refractivity contribution in [2.24, 2.45) is 0 Å². The van der Waals surface area contributed by atoms with Gasteiger partial charge in [0.1, 0.15) is 11.6 Å². The van der Waals surface area contributed by atoms with Gasteiger partial charge in [0.15, 0.2) is 0 Å². The zero-order valence-electron chi connectivity index (χ0n) is 11.5. The first-order valence-corrected chi connectivity index (χ1v) is 7.00. The predicted molar refractivity (Wildman–Crippen MR) is 81.1 cm³/mol. The predicted octanol–water partition coefficient (Wildman–Crippen LogP) is 3.39. The number of imidazole rings is 1. The summed E-state index contributed by atoms with van der Waals surface area (Å²) in [5.41, 5.74) is 0.636. The Hall–Kier alpha value is -2.34. The highest BCUT2D eigenvalue weighted by atomic mass is 35.5. The van der Waals surface area contributed by atoms with Crippen LogP contribution in [0, 0.1) is 0 Å². The molecule has 0 fully saturated rings. The van der Waals surface area contributed by atoms with Crippen molar-refractivity contribution in [3.63, 3.8) is 0 Å². The van der Waals surface area contributed by atoms with Crippen LogP contribution in [-0.4, -0.2) is 25.9 Å². The number of anilines is 1. The summed E-state index contributed by atoms with van der Waals surface area (Å²) in [7, 11) is 0. The van der Waals surface area contributed by atoms with E-state index in [1.165, 1.54) is 0 Å². The van der Waals surface area contributed by atoms with Gasteiger partial charge in [-0.1, -0.05) is 18.5 Å². The summed E-state index contributed by atoms with van der Waals surface area (Å²) in [6, 6.07) is 1.68. The van der Waals surface area contributed by atoms with Gasteiger partial charge in [0.05, 0.1) is 17.4 Å². The number of hydrogen-bond donors (Lipinski definition) is 1. The highest BCUT2D eigenvalue weighted by Gasteiger charge is 2.10. The fourth-order valence-electron chi connectivity index (χ4n) is 1.87. The summed E-state index contributed by atoms with van der Waals surface area (Å²) in [6.45, 7) is 2.93. The molecule has 3 aromatic rings. The van der Waals surface area contributed by atoms with E-state index in [0.717, 1.165) is 18.8 Å². The van der Waals surface area contributed by atoms with E-state index in [9.17, 15) is 0 Å². The molecule has 0 saturated heterocycles. The van der Waals surface area contributed by atoms with Crippen LogP contribution >= 0.6 is 11.6 Å². The van der Waals surface area contributed by atoms with Crippen molar-refractivity contribution in [3.8, 4) is 11.6 Å². The minimum Gasteiger partial charge on any atom is -0.434 e. The maximum Gasteiger partial charge on any atom is 0.265 e. The van der Waals surface area contributed by atoms with Crippen LogP contribution in [0.1, 0.15) is 13.3 Å². The van der Waals surface area contributed by atoms with E-state index < -0.39 is 0 Å². The van der Waals surface area contributed by atoms with Crippen molar-refractivity contribution in [2.45, 2.75) is 13.3 Å². The first-order chi connectivity index (χ1) is 10.3. The second-order valence-electron chi connectivity index (χ2n) is 4.46. The third kappa shape index (κ3) is 3.05. The average molecular weight is 304 g/mol. The van der Waals surface area contributed by atoms with Gasteiger partial charge in [0.25, 0.3) is 5.88 Å². The number of hydrogen-bond acceptors (Lipinski definition) is 5. The second-order valence-corrected chi connectivity index (χ2v) is 4.89.